The first-order chi connectivity index (χ1) is 8.04. The molecule has 17 heavy (non-hydrogen) atoms. The summed E-state index contributed by atoms with van der Waals surface area (Å²) in [7, 11) is -1.83. The Labute approximate surface area is 105 Å². The first-order valence-electron chi connectivity index (χ1n) is 4.99. The van der Waals surface area contributed by atoms with Crippen LogP contribution in [0.25, 0.3) is 0 Å². The fraction of sp³-hybridized carbons (Fsp3) is 0.167. The molecule has 0 saturated carbocycles. The number of rotatable bonds is 3. The van der Waals surface area contributed by atoms with E-state index < -0.39 is 9.84 Å². The monoisotopic (exact) mass is 268 g/mol. The third-order valence-corrected chi connectivity index (χ3v) is 5.61. The molecule has 0 aliphatic heterocycles. The molecule has 0 saturated heterocycles. The lowest BCUT2D eigenvalue weighted by atomic mass is 10.3. The SMILES string of the molecule is COc1ccc(S(=O)(=O)c2ccc(C)s2)cc1. The average Bonchev–Trinajstić information content (AvgIpc) is 2.77. The Morgan fingerprint density at radius 1 is 1.06 bits per heavy atom. The molecule has 0 aliphatic rings. The van der Waals surface area contributed by atoms with Crippen molar-refractivity contribution < 1.29 is 13.2 Å². The summed E-state index contributed by atoms with van der Waals surface area (Å²) in [5.74, 6) is 0.645. The molecule has 0 radical (unpaired) electrons. The molecule has 0 aliphatic carbocycles. The van der Waals surface area contributed by atoms with Crippen LogP contribution >= 0.6 is 11.3 Å². The maximum atomic E-state index is 12.2. The highest BCUT2D eigenvalue weighted by Crippen LogP contribution is 2.28. The molecule has 0 bridgehead atoms. The summed E-state index contributed by atoms with van der Waals surface area (Å²) < 4.78 is 29.8. The number of methoxy groups -OCH3 is 1. The van der Waals surface area contributed by atoms with E-state index in [1.807, 2.05) is 6.92 Å². The summed E-state index contributed by atoms with van der Waals surface area (Å²) in [4.78, 5) is 1.28. The van der Waals surface area contributed by atoms with Gasteiger partial charge in [-0.1, -0.05) is 0 Å². The Bertz CT molecular complexity index is 609. The van der Waals surface area contributed by atoms with Crippen LogP contribution in [-0.2, 0) is 9.84 Å². The van der Waals surface area contributed by atoms with E-state index in [0.717, 1.165) is 4.88 Å². The molecule has 5 heteroatoms. The lowest BCUT2D eigenvalue weighted by molar-refractivity contribution is 0.414. The fourth-order valence-electron chi connectivity index (χ4n) is 1.43. The Hall–Kier alpha value is -1.33. The molecule has 2 rings (SSSR count). The van der Waals surface area contributed by atoms with Crippen LogP contribution in [0.4, 0.5) is 0 Å². The van der Waals surface area contributed by atoms with Gasteiger partial charge in [0.2, 0.25) is 9.84 Å². The molecule has 2 aromatic rings. The van der Waals surface area contributed by atoms with Crippen molar-refractivity contribution in [3.8, 4) is 5.75 Å². The molecule has 90 valence electrons. The van der Waals surface area contributed by atoms with E-state index in [4.69, 9.17) is 4.74 Å². The zero-order valence-electron chi connectivity index (χ0n) is 9.51. The number of hydrogen-bond acceptors (Lipinski definition) is 4. The molecule has 1 aromatic heterocycles. The van der Waals surface area contributed by atoms with E-state index in [0.29, 0.717) is 14.9 Å². The fourth-order valence-corrected chi connectivity index (χ4v) is 4.11. The van der Waals surface area contributed by atoms with Crippen molar-refractivity contribution in [3.05, 3.63) is 41.3 Å². The van der Waals surface area contributed by atoms with Gasteiger partial charge in [-0.05, 0) is 43.3 Å². The number of benzene rings is 1. The second kappa shape index (κ2) is 4.50. The number of aryl methyl sites for hydroxylation is 1. The van der Waals surface area contributed by atoms with Crippen LogP contribution in [0.15, 0.2) is 45.5 Å². The normalized spacial score (nSPS) is 11.4. The van der Waals surface area contributed by atoms with Crippen LogP contribution in [-0.4, -0.2) is 15.5 Å². The van der Waals surface area contributed by atoms with Gasteiger partial charge in [-0.3, -0.25) is 0 Å². The first-order valence-corrected chi connectivity index (χ1v) is 7.29. The van der Waals surface area contributed by atoms with E-state index in [2.05, 4.69) is 0 Å². The van der Waals surface area contributed by atoms with E-state index >= 15 is 0 Å². The maximum absolute atomic E-state index is 12.2. The van der Waals surface area contributed by atoms with Gasteiger partial charge in [-0.25, -0.2) is 8.42 Å². The number of hydrogen-bond donors (Lipinski definition) is 0. The minimum absolute atomic E-state index is 0.292. The summed E-state index contributed by atoms with van der Waals surface area (Å²) >= 11 is 1.28. The third-order valence-electron chi connectivity index (χ3n) is 2.35. The van der Waals surface area contributed by atoms with Gasteiger partial charge in [0, 0.05) is 4.88 Å². The predicted octanol–water partition coefficient (Wildman–Crippen LogP) is 2.90. The van der Waals surface area contributed by atoms with Gasteiger partial charge in [0.1, 0.15) is 9.96 Å². The van der Waals surface area contributed by atoms with Crippen molar-refractivity contribution >= 4 is 21.2 Å². The van der Waals surface area contributed by atoms with Gasteiger partial charge >= 0.3 is 0 Å². The van der Waals surface area contributed by atoms with Crippen molar-refractivity contribution in [2.75, 3.05) is 7.11 Å². The van der Waals surface area contributed by atoms with Crippen LogP contribution < -0.4 is 4.74 Å². The second-order valence-electron chi connectivity index (χ2n) is 3.54. The number of ether oxygens (including phenoxy) is 1. The van der Waals surface area contributed by atoms with Crippen molar-refractivity contribution in [1.82, 2.24) is 0 Å². The molecule has 0 fully saturated rings. The van der Waals surface area contributed by atoms with Crippen LogP contribution in [0.1, 0.15) is 4.88 Å². The quantitative estimate of drug-likeness (QED) is 0.859. The Balaban J connectivity index is 2.44. The van der Waals surface area contributed by atoms with Crippen molar-refractivity contribution in [2.24, 2.45) is 0 Å². The van der Waals surface area contributed by atoms with Gasteiger partial charge in [0.25, 0.3) is 0 Å². The smallest absolute Gasteiger partial charge is 0.215 e. The Kier molecular flexibility index (Phi) is 3.22. The average molecular weight is 268 g/mol. The van der Waals surface area contributed by atoms with Gasteiger partial charge in [-0.2, -0.15) is 0 Å². The summed E-state index contributed by atoms with van der Waals surface area (Å²) in [6.07, 6.45) is 0. The largest absolute Gasteiger partial charge is 0.497 e. The number of sulfone groups is 1. The molecule has 0 unspecified atom stereocenters. The highest BCUT2D eigenvalue weighted by molar-refractivity contribution is 7.93. The molecule has 3 nitrogen and oxygen atoms in total. The van der Waals surface area contributed by atoms with Gasteiger partial charge < -0.3 is 4.74 Å². The highest BCUT2D eigenvalue weighted by Gasteiger charge is 2.19. The van der Waals surface area contributed by atoms with Crippen molar-refractivity contribution in [1.29, 1.82) is 0 Å². The Morgan fingerprint density at radius 3 is 2.18 bits per heavy atom. The zero-order chi connectivity index (χ0) is 12.5. The van der Waals surface area contributed by atoms with Gasteiger partial charge in [0.05, 0.1) is 12.0 Å². The lowest BCUT2D eigenvalue weighted by Crippen LogP contribution is -1.99. The van der Waals surface area contributed by atoms with Crippen LogP contribution in [0.5, 0.6) is 5.75 Å². The minimum Gasteiger partial charge on any atom is -0.497 e. The van der Waals surface area contributed by atoms with E-state index in [-0.39, 0.29) is 0 Å². The third kappa shape index (κ3) is 2.35. The summed E-state index contributed by atoms with van der Waals surface area (Å²) in [6, 6.07) is 9.85. The number of thiophene rings is 1. The molecule has 0 atom stereocenters. The van der Waals surface area contributed by atoms with E-state index in [9.17, 15) is 8.42 Å². The predicted molar refractivity (Wildman–Crippen MR) is 67.5 cm³/mol. The standard InChI is InChI=1S/C12H12O3S2/c1-9-3-8-12(16-9)17(13,14)11-6-4-10(15-2)5-7-11/h3-8H,1-2H3. The molecule has 0 spiro atoms. The van der Waals surface area contributed by atoms with E-state index in [1.54, 1.807) is 43.5 Å². The van der Waals surface area contributed by atoms with Crippen molar-refractivity contribution in [3.63, 3.8) is 0 Å². The zero-order valence-corrected chi connectivity index (χ0v) is 11.1. The second-order valence-corrected chi connectivity index (χ2v) is 7.01. The lowest BCUT2D eigenvalue weighted by Gasteiger charge is -2.03. The molecular formula is C12H12O3S2. The first kappa shape index (κ1) is 12.1. The molecule has 0 N–H and O–H groups in total. The van der Waals surface area contributed by atoms with Crippen LogP contribution in [0.2, 0.25) is 0 Å². The van der Waals surface area contributed by atoms with Gasteiger partial charge in [-0.15, -0.1) is 11.3 Å². The van der Waals surface area contributed by atoms with Crippen molar-refractivity contribution in [2.45, 2.75) is 16.0 Å². The summed E-state index contributed by atoms with van der Waals surface area (Å²) in [6.45, 7) is 1.89. The molecule has 1 aromatic carbocycles. The molecule has 1 heterocycles. The van der Waals surface area contributed by atoms with Gasteiger partial charge in [0.15, 0.2) is 0 Å². The minimum atomic E-state index is -3.38. The topological polar surface area (TPSA) is 43.4 Å². The summed E-state index contributed by atoms with van der Waals surface area (Å²) in [5, 5.41) is 0. The van der Waals surface area contributed by atoms with Crippen LogP contribution in [0.3, 0.4) is 0 Å². The molecule has 0 amide bonds. The summed E-state index contributed by atoms with van der Waals surface area (Å²) in [5.41, 5.74) is 0. The van der Waals surface area contributed by atoms with Crippen LogP contribution in [0, 0.1) is 6.92 Å². The maximum Gasteiger partial charge on any atom is 0.215 e. The highest BCUT2D eigenvalue weighted by atomic mass is 32.2. The Morgan fingerprint density at radius 2 is 1.71 bits per heavy atom. The molecular weight excluding hydrogens is 256 g/mol. The van der Waals surface area contributed by atoms with E-state index in [1.165, 1.54) is 11.3 Å².